The van der Waals surface area contributed by atoms with Gasteiger partial charge in [0.15, 0.2) is 0 Å². The molecule has 2 aliphatic carbocycles. The Kier molecular flexibility index (Phi) is 3.22. The molecular weight excluding hydrogens is 340 g/mol. The average Bonchev–Trinajstić information content (AvgIpc) is 3.23. The second-order valence-electron chi connectivity index (χ2n) is 8.20. The number of allylic oxidation sites excluding steroid dienone is 1. The number of rotatable bonds is 2. The molecule has 6 rings (SSSR count). The normalized spacial score (nSPS) is 16.8. The van der Waals surface area contributed by atoms with Gasteiger partial charge in [0.05, 0.1) is 11.2 Å². The molecule has 2 heteroatoms. The SMILES string of the molecule is Cc1ccnc(-n2c(C3=Cc4ccccc4C34CCC4)cc3ccccc32)c1. The average molecular weight is 362 g/mol. The molecule has 4 aromatic rings. The minimum Gasteiger partial charge on any atom is -0.294 e. The van der Waals surface area contributed by atoms with Gasteiger partial charge in [-0.3, -0.25) is 4.57 Å². The topological polar surface area (TPSA) is 17.8 Å². The van der Waals surface area contributed by atoms with E-state index in [0.717, 1.165) is 5.82 Å². The predicted molar refractivity (Wildman–Crippen MR) is 116 cm³/mol. The van der Waals surface area contributed by atoms with Gasteiger partial charge in [-0.2, -0.15) is 0 Å². The zero-order valence-corrected chi connectivity index (χ0v) is 16.0. The highest BCUT2D eigenvalue weighted by atomic mass is 15.1. The Labute approximate surface area is 165 Å². The molecule has 1 spiro atoms. The molecule has 0 atom stereocenters. The van der Waals surface area contributed by atoms with Crippen molar-refractivity contribution in [1.82, 2.24) is 9.55 Å². The molecule has 2 aliphatic rings. The minimum absolute atomic E-state index is 0.173. The van der Waals surface area contributed by atoms with Gasteiger partial charge in [0.2, 0.25) is 0 Å². The van der Waals surface area contributed by atoms with Crippen molar-refractivity contribution >= 4 is 22.6 Å². The molecule has 2 nitrogen and oxygen atoms in total. The fraction of sp³-hybridized carbons (Fsp3) is 0.192. The number of nitrogens with zero attached hydrogens (tertiary/aromatic N) is 2. The Hall–Kier alpha value is -3.13. The van der Waals surface area contributed by atoms with Crippen LogP contribution in [0.25, 0.3) is 28.4 Å². The van der Waals surface area contributed by atoms with Gasteiger partial charge >= 0.3 is 0 Å². The second kappa shape index (κ2) is 5.68. The second-order valence-corrected chi connectivity index (χ2v) is 8.20. The van der Waals surface area contributed by atoms with Crippen molar-refractivity contribution in [3.8, 4) is 5.82 Å². The Morgan fingerprint density at radius 1 is 0.929 bits per heavy atom. The van der Waals surface area contributed by atoms with Crippen LogP contribution < -0.4 is 0 Å². The molecule has 0 unspecified atom stereocenters. The molecule has 0 amide bonds. The van der Waals surface area contributed by atoms with Crippen LogP contribution in [0.3, 0.4) is 0 Å². The van der Waals surface area contributed by atoms with Crippen molar-refractivity contribution in [3.05, 3.63) is 95.3 Å². The van der Waals surface area contributed by atoms with E-state index in [0.29, 0.717) is 0 Å². The molecule has 0 saturated heterocycles. The first-order valence-electron chi connectivity index (χ1n) is 10.1. The van der Waals surface area contributed by atoms with E-state index in [2.05, 4.69) is 84.3 Å². The number of fused-ring (bicyclic) bond motifs is 3. The van der Waals surface area contributed by atoms with Crippen molar-refractivity contribution in [1.29, 1.82) is 0 Å². The number of benzene rings is 2. The van der Waals surface area contributed by atoms with Crippen LogP contribution in [0.4, 0.5) is 0 Å². The van der Waals surface area contributed by atoms with Gasteiger partial charge < -0.3 is 0 Å². The molecule has 1 fully saturated rings. The van der Waals surface area contributed by atoms with E-state index in [9.17, 15) is 0 Å². The number of aryl methyl sites for hydroxylation is 1. The van der Waals surface area contributed by atoms with Crippen LogP contribution >= 0.6 is 0 Å². The van der Waals surface area contributed by atoms with E-state index in [1.807, 2.05) is 6.20 Å². The van der Waals surface area contributed by atoms with Crippen LogP contribution in [0.1, 0.15) is 41.6 Å². The summed E-state index contributed by atoms with van der Waals surface area (Å²) in [6.45, 7) is 2.13. The summed E-state index contributed by atoms with van der Waals surface area (Å²) in [4.78, 5) is 4.74. The van der Waals surface area contributed by atoms with E-state index in [-0.39, 0.29) is 5.41 Å². The number of hydrogen-bond acceptors (Lipinski definition) is 1. The van der Waals surface area contributed by atoms with E-state index < -0.39 is 0 Å². The van der Waals surface area contributed by atoms with E-state index in [4.69, 9.17) is 4.98 Å². The first-order valence-corrected chi connectivity index (χ1v) is 10.1. The van der Waals surface area contributed by atoms with Crippen LogP contribution in [-0.4, -0.2) is 9.55 Å². The van der Waals surface area contributed by atoms with Crippen molar-refractivity contribution in [3.63, 3.8) is 0 Å². The molecule has 2 aromatic carbocycles. The molecule has 0 aliphatic heterocycles. The van der Waals surface area contributed by atoms with Gasteiger partial charge in [0.25, 0.3) is 0 Å². The van der Waals surface area contributed by atoms with Crippen LogP contribution in [0.15, 0.2) is 72.9 Å². The first-order chi connectivity index (χ1) is 13.8. The summed E-state index contributed by atoms with van der Waals surface area (Å²) in [6, 6.07) is 24.2. The minimum atomic E-state index is 0.173. The highest BCUT2D eigenvalue weighted by Gasteiger charge is 2.47. The maximum Gasteiger partial charge on any atom is 0.137 e. The van der Waals surface area contributed by atoms with Crippen LogP contribution in [0.2, 0.25) is 0 Å². The Morgan fingerprint density at radius 2 is 1.75 bits per heavy atom. The molecule has 136 valence electrons. The summed E-state index contributed by atoms with van der Waals surface area (Å²) >= 11 is 0. The molecule has 0 N–H and O–H groups in total. The maximum absolute atomic E-state index is 4.74. The molecule has 1 saturated carbocycles. The number of aromatic nitrogens is 2. The molecule has 2 heterocycles. The Morgan fingerprint density at radius 3 is 2.57 bits per heavy atom. The van der Waals surface area contributed by atoms with Crippen LogP contribution in [0, 0.1) is 6.92 Å². The third kappa shape index (κ3) is 2.06. The summed E-state index contributed by atoms with van der Waals surface area (Å²) in [6.07, 6.45) is 8.11. The van der Waals surface area contributed by atoms with Gasteiger partial charge in [0.1, 0.15) is 5.82 Å². The number of para-hydroxylation sites is 1. The van der Waals surface area contributed by atoms with Crippen molar-refractivity contribution < 1.29 is 0 Å². The van der Waals surface area contributed by atoms with Gasteiger partial charge in [0, 0.05) is 17.0 Å². The molecule has 28 heavy (non-hydrogen) atoms. The predicted octanol–water partition coefficient (Wildman–Crippen LogP) is 6.31. The van der Waals surface area contributed by atoms with Gasteiger partial charge in [-0.15, -0.1) is 0 Å². The Bertz CT molecular complexity index is 1250. The van der Waals surface area contributed by atoms with E-state index >= 15 is 0 Å². The summed E-state index contributed by atoms with van der Waals surface area (Å²) in [5.41, 5.74) is 8.26. The lowest BCUT2D eigenvalue weighted by Gasteiger charge is -2.42. The maximum atomic E-state index is 4.74. The summed E-state index contributed by atoms with van der Waals surface area (Å²) < 4.78 is 2.36. The Balaban J connectivity index is 1.65. The smallest absolute Gasteiger partial charge is 0.137 e. The van der Waals surface area contributed by atoms with Crippen LogP contribution in [-0.2, 0) is 5.41 Å². The number of hydrogen-bond donors (Lipinski definition) is 0. The highest BCUT2D eigenvalue weighted by Crippen LogP contribution is 2.58. The highest BCUT2D eigenvalue weighted by molar-refractivity contribution is 5.98. The number of pyridine rings is 1. The van der Waals surface area contributed by atoms with E-state index in [1.165, 1.54) is 58.1 Å². The molecule has 0 bridgehead atoms. The lowest BCUT2D eigenvalue weighted by atomic mass is 9.61. The van der Waals surface area contributed by atoms with Crippen LogP contribution in [0.5, 0.6) is 0 Å². The quantitative estimate of drug-likeness (QED) is 0.408. The standard InChI is InChI=1S/C26H22N2/c1-18-11-14-27-25(15-18)28-23-10-5-3-8-20(23)17-24(28)22-16-19-7-2-4-9-21(19)26(22)12-6-13-26/h2-5,7-11,14-17H,6,12-13H2,1H3. The third-order valence-electron chi connectivity index (χ3n) is 6.62. The van der Waals surface area contributed by atoms with Gasteiger partial charge in [-0.1, -0.05) is 48.9 Å². The fourth-order valence-electron chi connectivity index (χ4n) is 5.13. The third-order valence-corrected chi connectivity index (χ3v) is 6.62. The summed E-state index contributed by atoms with van der Waals surface area (Å²) in [5, 5.41) is 1.27. The van der Waals surface area contributed by atoms with E-state index in [1.54, 1.807) is 0 Å². The van der Waals surface area contributed by atoms with Crippen molar-refractivity contribution in [2.75, 3.05) is 0 Å². The zero-order valence-electron chi connectivity index (χ0n) is 16.0. The van der Waals surface area contributed by atoms with Gasteiger partial charge in [-0.05, 0) is 72.4 Å². The lowest BCUT2D eigenvalue weighted by molar-refractivity contribution is 0.331. The molecule has 2 aromatic heterocycles. The van der Waals surface area contributed by atoms with Gasteiger partial charge in [-0.25, -0.2) is 4.98 Å². The molecule has 0 radical (unpaired) electrons. The largest absolute Gasteiger partial charge is 0.294 e. The van der Waals surface area contributed by atoms with Crippen molar-refractivity contribution in [2.24, 2.45) is 0 Å². The molecular formula is C26H22N2. The monoisotopic (exact) mass is 362 g/mol. The lowest BCUT2D eigenvalue weighted by Crippen LogP contribution is -2.34. The van der Waals surface area contributed by atoms with Crippen molar-refractivity contribution in [2.45, 2.75) is 31.6 Å². The zero-order chi connectivity index (χ0) is 18.7. The summed E-state index contributed by atoms with van der Waals surface area (Å²) in [5.74, 6) is 1.00. The first kappa shape index (κ1) is 15.9. The fourth-order valence-corrected chi connectivity index (χ4v) is 5.13. The summed E-state index contributed by atoms with van der Waals surface area (Å²) in [7, 11) is 0.